The van der Waals surface area contributed by atoms with E-state index in [2.05, 4.69) is 133 Å². The van der Waals surface area contributed by atoms with E-state index in [4.69, 9.17) is 9.47 Å². The maximum absolute atomic E-state index is 6.75. The summed E-state index contributed by atoms with van der Waals surface area (Å²) in [5.74, 6) is 3.41. The first-order valence-electron chi connectivity index (χ1n) is 13.5. The molecule has 0 fully saturated rings. The van der Waals surface area contributed by atoms with E-state index in [9.17, 15) is 0 Å². The number of fused-ring (bicyclic) bond motifs is 7. The van der Waals surface area contributed by atoms with Crippen molar-refractivity contribution in [3.8, 4) is 34.1 Å². The van der Waals surface area contributed by atoms with Crippen molar-refractivity contribution >= 4 is 31.5 Å². The molecule has 0 radical (unpaired) electrons. The molecule has 7 aromatic rings. The summed E-state index contributed by atoms with van der Waals surface area (Å²) in [5, 5.41) is 2.55. The Kier molecular flexibility index (Phi) is 4.44. The van der Waals surface area contributed by atoms with Gasteiger partial charge < -0.3 is 9.47 Å². The number of rotatable bonds is 2. The minimum Gasteiger partial charge on any atom is -0.457 e. The van der Waals surface area contributed by atoms with Crippen molar-refractivity contribution < 1.29 is 9.47 Å². The van der Waals surface area contributed by atoms with Gasteiger partial charge in [-0.3, -0.25) is 0 Å². The summed E-state index contributed by atoms with van der Waals surface area (Å²) in [6, 6.07) is 47.3. The molecule has 0 atom stereocenters. The van der Waals surface area contributed by atoms with E-state index in [1.807, 2.05) is 11.3 Å². The number of thiophene rings is 1. The molecule has 0 saturated heterocycles. The molecule has 2 nitrogen and oxygen atoms in total. The summed E-state index contributed by atoms with van der Waals surface area (Å²) in [6.45, 7) is 0. The standard InChI is InChI=1S/C37H22O2S/c1-2-11-24(12-3-1)37-27-15-5-7-17-29(27)38-31-21-23(22-32(36(31)37)39-30-18-8-6-16-28(30)37)25-14-10-20-34-35(25)26-13-4-9-19-33(26)40-34/h1-22H. The van der Waals surface area contributed by atoms with Crippen molar-refractivity contribution in [1.29, 1.82) is 0 Å². The third kappa shape index (κ3) is 2.82. The van der Waals surface area contributed by atoms with Gasteiger partial charge in [-0.15, -0.1) is 11.3 Å². The van der Waals surface area contributed by atoms with Crippen LogP contribution in [-0.4, -0.2) is 0 Å². The Morgan fingerprint density at radius 3 is 1.82 bits per heavy atom. The van der Waals surface area contributed by atoms with Crippen LogP contribution in [0.1, 0.15) is 22.3 Å². The largest absolute Gasteiger partial charge is 0.457 e. The summed E-state index contributed by atoms with van der Waals surface area (Å²) >= 11 is 1.84. The molecule has 0 unspecified atom stereocenters. The third-order valence-corrected chi connectivity index (χ3v) is 9.52. The van der Waals surface area contributed by atoms with Crippen LogP contribution in [0.2, 0.25) is 0 Å². The molecule has 9 rings (SSSR count). The van der Waals surface area contributed by atoms with E-state index in [1.54, 1.807) is 0 Å². The molecule has 1 aromatic heterocycles. The number of para-hydroxylation sites is 2. The predicted octanol–water partition coefficient (Wildman–Crippen LogP) is 10.3. The normalized spacial score (nSPS) is 14.1. The molecule has 188 valence electrons. The Morgan fingerprint density at radius 1 is 0.500 bits per heavy atom. The number of hydrogen-bond acceptors (Lipinski definition) is 3. The smallest absolute Gasteiger partial charge is 0.136 e. The van der Waals surface area contributed by atoms with Gasteiger partial charge in [0.05, 0.1) is 11.0 Å². The summed E-state index contributed by atoms with van der Waals surface area (Å²) in [5.41, 5.74) is 6.22. The maximum Gasteiger partial charge on any atom is 0.136 e. The lowest BCUT2D eigenvalue weighted by Gasteiger charge is -2.45. The first-order valence-corrected chi connectivity index (χ1v) is 14.3. The van der Waals surface area contributed by atoms with E-state index in [0.29, 0.717) is 0 Å². The molecule has 6 aromatic carbocycles. The highest BCUT2D eigenvalue weighted by Crippen LogP contribution is 2.63. The number of ether oxygens (including phenoxy) is 2. The van der Waals surface area contributed by atoms with Crippen LogP contribution in [0.5, 0.6) is 23.0 Å². The van der Waals surface area contributed by atoms with E-state index in [0.717, 1.165) is 45.3 Å². The van der Waals surface area contributed by atoms with Crippen molar-refractivity contribution in [3.63, 3.8) is 0 Å². The molecule has 3 heteroatoms. The molecule has 0 N–H and O–H groups in total. The predicted molar refractivity (Wildman–Crippen MR) is 163 cm³/mol. The van der Waals surface area contributed by atoms with Crippen LogP contribution in [0.4, 0.5) is 0 Å². The average Bonchev–Trinajstić information content (AvgIpc) is 3.40. The minimum atomic E-state index is -0.560. The number of benzene rings is 6. The Hall–Kier alpha value is -4.86. The van der Waals surface area contributed by atoms with Crippen molar-refractivity contribution in [2.45, 2.75) is 5.41 Å². The highest BCUT2D eigenvalue weighted by atomic mass is 32.1. The van der Waals surface area contributed by atoms with Crippen molar-refractivity contribution in [1.82, 2.24) is 0 Å². The molecule has 40 heavy (non-hydrogen) atoms. The third-order valence-electron chi connectivity index (χ3n) is 8.38. The van der Waals surface area contributed by atoms with Gasteiger partial charge in [0.1, 0.15) is 23.0 Å². The molecule has 0 aliphatic carbocycles. The van der Waals surface area contributed by atoms with E-state index < -0.39 is 5.41 Å². The van der Waals surface area contributed by atoms with Gasteiger partial charge in [0.2, 0.25) is 0 Å². The lowest BCUT2D eigenvalue weighted by molar-refractivity contribution is 0.385. The van der Waals surface area contributed by atoms with Crippen LogP contribution in [0.3, 0.4) is 0 Å². The summed E-state index contributed by atoms with van der Waals surface area (Å²) in [4.78, 5) is 0. The van der Waals surface area contributed by atoms with Gasteiger partial charge in [-0.2, -0.15) is 0 Å². The fourth-order valence-electron chi connectivity index (χ4n) is 6.82. The zero-order valence-corrected chi connectivity index (χ0v) is 22.2. The van der Waals surface area contributed by atoms with Gasteiger partial charge in [-0.1, -0.05) is 97.1 Å². The van der Waals surface area contributed by atoms with Crippen LogP contribution in [0.25, 0.3) is 31.3 Å². The second kappa shape index (κ2) is 8.08. The Labute approximate surface area is 235 Å². The molecular formula is C37H22O2S. The van der Waals surface area contributed by atoms with Gasteiger partial charge in [-0.25, -0.2) is 0 Å². The van der Waals surface area contributed by atoms with Crippen LogP contribution in [0.15, 0.2) is 133 Å². The van der Waals surface area contributed by atoms with Crippen molar-refractivity contribution in [2.75, 3.05) is 0 Å². The van der Waals surface area contributed by atoms with Gasteiger partial charge in [-0.05, 0) is 53.1 Å². The summed E-state index contributed by atoms with van der Waals surface area (Å²) in [7, 11) is 0. The highest BCUT2D eigenvalue weighted by molar-refractivity contribution is 7.25. The van der Waals surface area contributed by atoms with Crippen molar-refractivity contribution in [2.24, 2.45) is 0 Å². The first-order chi connectivity index (χ1) is 19.8. The van der Waals surface area contributed by atoms with Crippen LogP contribution in [0, 0.1) is 0 Å². The second-order valence-electron chi connectivity index (χ2n) is 10.4. The van der Waals surface area contributed by atoms with Crippen LogP contribution < -0.4 is 9.47 Å². The second-order valence-corrected chi connectivity index (χ2v) is 11.5. The Morgan fingerprint density at radius 2 is 1.10 bits per heavy atom. The van der Waals surface area contributed by atoms with Gasteiger partial charge in [0, 0.05) is 31.3 Å². The lowest BCUT2D eigenvalue weighted by Crippen LogP contribution is -2.37. The SMILES string of the molecule is c1ccc(C23c4ccccc4Oc4cc(-c5cccc6sc7ccccc7c56)cc(c42)Oc2ccccc23)cc1. The molecule has 3 heterocycles. The first kappa shape index (κ1) is 22.0. The summed E-state index contributed by atoms with van der Waals surface area (Å²) < 4.78 is 16.1. The average molecular weight is 531 g/mol. The van der Waals surface area contributed by atoms with Gasteiger partial charge in [0.15, 0.2) is 0 Å². The van der Waals surface area contributed by atoms with Gasteiger partial charge in [0.25, 0.3) is 0 Å². The quantitative estimate of drug-likeness (QED) is 0.221. The van der Waals surface area contributed by atoms with Crippen LogP contribution >= 0.6 is 11.3 Å². The lowest BCUT2D eigenvalue weighted by atomic mass is 9.62. The Bertz CT molecular complexity index is 2050. The molecule has 0 amide bonds. The summed E-state index contributed by atoms with van der Waals surface area (Å²) in [6.07, 6.45) is 0. The Balaban J connectivity index is 1.41. The molecule has 0 saturated carbocycles. The fourth-order valence-corrected chi connectivity index (χ4v) is 7.95. The van der Waals surface area contributed by atoms with Gasteiger partial charge >= 0.3 is 0 Å². The maximum atomic E-state index is 6.75. The molecule has 0 bridgehead atoms. The van der Waals surface area contributed by atoms with Crippen molar-refractivity contribution in [3.05, 3.63) is 156 Å². The molecule has 2 aliphatic rings. The zero-order chi connectivity index (χ0) is 26.3. The topological polar surface area (TPSA) is 18.5 Å². The molecule has 0 spiro atoms. The van der Waals surface area contributed by atoms with E-state index in [1.165, 1.54) is 31.3 Å². The molecular weight excluding hydrogens is 508 g/mol. The molecule has 2 aliphatic heterocycles. The fraction of sp³-hybridized carbons (Fsp3) is 0.0270. The van der Waals surface area contributed by atoms with Crippen LogP contribution in [-0.2, 0) is 5.41 Å². The van der Waals surface area contributed by atoms with E-state index >= 15 is 0 Å². The number of hydrogen-bond donors (Lipinski definition) is 0. The minimum absolute atomic E-state index is 0.560. The van der Waals surface area contributed by atoms with E-state index in [-0.39, 0.29) is 0 Å². The monoisotopic (exact) mass is 530 g/mol. The zero-order valence-electron chi connectivity index (χ0n) is 21.4. The highest BCUT2D eigenvalue weighted by Gasteiger charge is 2.51.